The van der Waals surface area contributed by atoms with Crippen molar-refractivity contribution in [3.63, 3.8) is 0 Å². The van der Waals surface area contributed by atoms with Crippen molar-refractivity contribution >= 4 is 45.7 Å². The lowest BCUT2D eigenvalue weighted by Gasteiger charge is -2.52. The van der Waals surface area contributed by atoms with Crippen molar-refractivity contribution < 1.29 is 23.8 Å². The third-order valence-electron chi connectivity index (χ3n) is 24.1. The first-order valence-corrected chi connectivity index (χ1v) is 36.1. The van der Waals surface area contributed by atoms with Gasteiger partial charge in [0.05, 0.1) is 34.1 Å². The van der Waals surface area contributed by atoms with Gasteiger partial charge in [-0.1, -0.05) is 225 Å². The number of benzene rings is 12. The second-order valence-corrected chi connectivity index (χ2v) is 29.0. The van der Waals surface area contributed by atoms with Crippen LogP contribution in [0.3, 0.4) is 0 Å². The molecule has 0 bridgehead atoms. The molecule has 8 heteroatoms. The summed E-state index contributed by atoms with van der Waals surface area (Å²) in [5.74, 6) is 4.32. The fourth-order valence-corrected chi connectivity index (χ4v) is 19.9. The average molecular weight is 1300 g/mol. The largest absolute Gasteiger partial charge is 0.453 e. The van der Waals surface area contributed by atoms with E-state index in [0.717, 1.165) is 174 Å². The van der Waals surface area contributed by atoms with Crippen molar-refractivity contribution in [3.8, 4) is 101 Å². The van der Waals surface area contributed by atoms with Gasteiger partial charge in [0.15, 0.2) is 34.5 Å². The first kappa shape index (κ1) is 58.9. The number of hydrogen-bond acceptors (Lipinski definition) is 8. The van der Waals surface area contributed by atoms with Gasteiger partial charge in [-0.3, -0.25) is 9.59 Å². The lowest BCUT2D eigenvalue weighted by atomic mass is 9.62. The fourth-order valence-electron chi connectivity index (χ4n) is 19.9. The van der Waals surface area contributed by atoms with Gasteiger partial charge in [-0.15, -0.1) is 0 Å². The second kappa shape index (κ2) is 23.8. The quantitative estimate of drug-likeness (QED) is 0.142. The molecule has 8 aliphatic rings. The summed E-state index contributed by atoms with van der Waals surface area (Å²) in [5.41, 5.74) is 19.2. The van der Waals surface area contributed by atoms with Crippen LogP contribution in [0.2, 0.25) is 0 Å². The second-order valence-electron chi connectivity index (χ2n) is 29.0. The Morgan fingerprint density at radius 1 is 0.250 bits per heavy atom. The molecule has 3 aliphatic heterocycles. The molecule has 0 amide bonds. The number of rotatable bonds is 9. The minimum absolute atomic E-state index is 0.00762. The Balaban J connectivity index is 0.739. The Morgan fingerprint density at radius 3 is 0.980 bits per heavy atom. The lowest BCUT2D eigenvalue weighted by molar-refractivity contribution is -0.129. The van der Waals surface area contributed by atoms with E-state index in [4.69, 9.17) is 14.2 Å². The van der Waals surface area contributed by atoms with E-state index in [1.165, 1.54) is 0 Å². The summed E-state index contributed by atoms with van der Waals surface area (Å²) in [6, 6.07) is 103. The van der Waals surface area contributed by atoms with Gasteiger partial charge in [-0.2, -0.15) is 0 Å². The third kappa shape index (κ3) is 9.61. The van der Waals surface area contributed by atoms with Crippen LogP contribution in [-0.4, -0.2) is 29.7 Å². The summed E-state index contributed by atoms with van der Waals surface area (Å²) in [5, 5.41) is 0. The van der Waals surface area contributed by atoms with Gasteiger partial charge >= 0.3 is 0 Å². The topological polar surface area (TPSA) is 71.5 Å². The number of anilines is 6. The van der Waals surface area contributed by atoms with Crippen molar-refractivity contribution in [3.05, 3.63) is 291 Å². The summed E-state index contributed by atoms with van der Waals surface area (Å²) in [6.45, 7) is 0. The number of ketones is 2. The van der Waals surface area contributed by atoms with Crippen LogP contribution in [0.25, 0.3) is 66.8 Å². The third-order valence-corrected chi connectivity index (χ3v) is 24.1. The molecule has 20 rings (SSSR count). The molecule has 5 aliphatic carbocycles. The number of Topliss-reactive ketones (excluding diaryl/α,β-unsaturated/α-hetero) is 2. The number of ether oxygens (including phenoxy) is 3. The van der Waals surface area contributed by atoms with E-state index >= 15 is 9.59 Å². The van der Waals surface area contributed by atoms with Gasteiger partial charge in [-0.05, 0) is 202 Å². The summed E-state index contributed by atoms with van der Waals surface area (Å²) >= 11 is 0. The predicted octanol–water partition coefficient (Wildman–Crippen LogP) is 22.8. The van der Waals surface area contributed by atoms with Crippen LogP contribution in [0.4, 0.5) is 34.1 Å². The Morgan fingerprint density at radius 2 is 0.570 bits per heavy atom. The van der Waals surface area contributed by atoms with Gasteiger partial charge < -0.3 is 28.9 Å². The molecule has 0 radical (unpaired) electrons. The highest BCUT2D eigenvalue weighted by atomic mass is 16.5. The lowest BCUT2D eigenvalue weighted by Crippen LogP contribution is -2.54. The molecule has 0 spiro atoms. The van der Waals surface area contributed by atoms with E-state index in [1.54, 1.807) is 0 Å². The van der Waals surface area contributed by atoms with Gasteiger partial charge in [0.25, 0.3) is 0 Å². The number of nitrogens with zero attached hydrogens (tertiary/aromatic N) is 3. The molecule has 12 aromatic carbocycles. The van der Waals surface area contributed by atoms with E-state index in [-0.39, 0.29) is 59.6 Å². The molecule has 486 valence electrons. The molecule has 3 heterocycles. The van der Waals surface area contributed by atoms with Crippen molar-refractivity contribution in [2.24, 2.45) is 47.3 Å². The molecule has 0 saturated heterocycles. The molecule has 5 saturated carbocycles. The normalized spacial score (nSPS) is 24.0. The minimum Gasteiger partial charge on any atom is -0.453 e. The van der Waals surface area contributed by atoms with Crippen LogP contribution in [0.1, 0.15) is 44.9 Å². The first-order valence-electron chi connectivity index (χ1n) is 36.1. The minimum atomic E-state index is -0.413. The van der Waals surface area contributed by atoms with E-state index < -0.39 is 5.92 Å². The highest BCUT2D eigenvalue weighted by Crippen LogP contribution is 2.66. The molecule has 5 fully saturated rings. The highest BCUT2D eigenvalue weighted by Gasteiger charge is 2.66. The number of carbonyl (C=O) groups excluding carboxylic acids is 2. The number of fused-ring (bicyclic) bond motifs is 12. The molecule has 12 aromatic rings. The molecule has 0 aromatic heterocycles. The maximum absolute atomic E-state index is 17.2. The van der Waals surface area contributed by atoms with Gasteiger partial charge in [0.1, 0.15) is 11.6 Å². The van der Waals surface area contributed by atoms with Crippen LogP contribution in [0.5, 0.6) is 34.5 Å². The number of hydrogen-bond donors (Lipinski definition) is 0. The summed E-state index contributed by atoms with van der Waals surface area (Å²) in [4.78, 5) is 41.4. The van der Waals surface area contributed by atoms with Crippen molar-refractivity contribution in [1.29, 1.82) is 0 Å². The Labute approximate surface area is 583 Å². The van der Waals surface area contributed by atoms with Gasteiger partial charge in [0.2, 0.25) is 0 Å². The van der Waals surface area contributed by atoms with Crippen molar-refractivity contribution in [2.45, 2.75) is 63.1 Å². The van der Waals surface area contributed by atoms with E-state index in [2.05, 4.69) is 306 Å². The zero-order chi connectivity index (χ0) is 66.1. The first-order chi connectivity index (χ1) is 49.4. The van der Waals surface area contributed by atoms with Crippen molar-refractivity contribution in [2.75, 3.05) is 14.7 Å². The predicted molar refractivity (Wildman–Crippen MR) is 400 cm³/mol. The monoisotopic (exact) mass is 1300 g/mol. The zero-order valence-corrected chi connectivity index (χ0v) is 55.4. The molecule has 8 nitrogen and oxygen atoms in total. The van der Waals surface area contributed by atoms with Crippen LogP contribution in [0.15, 0.2) is 291 Å². The standard InChI is InChI=1S/C92H73N3O5/c96-91-71-55-72-70(54-69(71)68-32-19-33-75(89(68)91)93-73-40-34-66(60-28-15-5-16-29-60)52-86(73)100-87-53-67(35-41-74(87)93)61-30-17-6-18-31-61)88-76(94-78-48-62(56-20-7-1-8-21-56)36-44-82(78)98-83-45-37-63(49-79(83)94)57-22-9-2-10-23-57)42-43-77(90(88)92(72)97)95-80-50-64(58-24-11-3-12-25-58)38-46-84(80)99-85-47-39-65(51-81(85)95)59-26-13-4-14-27-59/h1-18,20-31,34-41,44-53,68-72,75-77,88-90H,19,32-33,42-43,54-55H2. The van der Waals surface area contributed by atoms with Gasteiger partial charge in [0, 0.05) is 41.8 Å². The van der Waals surface area contributed by atoms with E-state index in [0.29, 0.717) is 18.0 Å². The van der Waals surface area contributed by atoms with Crippen LogP contribution in [-0.2, 0) is 9.59 Å². The average Bonchev–Trinajstić information content (AvgIpc) is 1.46. The van der Waals surface area contributed by atoms with Crippen molar-refractivity contribution in [1.82, 2.24) is 0 Å². The smallest absolute Gasteiger partial charge is 0.151 e. The van der Waals surface area contributed by atoms with E-state index in [9.17, 15) is 0 Å². The van der Waals surface area contributed by atoms with Crippen LogP contribution < -0.4 is 28.9 Å². The maximum Gasteiger partial charge on any atom is 0.151 e. The molecule has 11 unspecified atom stereocenters. The fraction of sp³-hybridized carbons (Fsp3) is 0.196. The van der Waals surface area contributed by atoms with Crippen LogP contribution in [0, 0.1) is 47.3 Å². The Bertz CT molecular complexity index is 4920. The molecular weight excluding hydrogens is 1230 g/mol. The van der Waals surface area contributed by atoms with Crippen LogP contribution >= 0.6 is 0 Å². The highest BCUT2D eigenvalue weighted by molar-refractivity contribution is 5.96. The summed E-state index contributed by atoms with van der Waals surface area (Å²) in [7, 11) is 0. The maximum atomic E-state index is 17.2. The molecule has 100 heavy (non-hydrogen) atoms. The molecule has 0 N–H and O–H groups in total. The van der Waals surface area contributed by atoms with Gasteiger partial charge in [-0.25, -0.2) is 0 Å². The summed E-state index contributed by atoms with van der Waals surface area (Å²) in [6.07, 6.45) is 5.74. The molecular formula is C92H73N3O5. The van der Waals surface area contributed by atoms with E-state index in [1.807, 2.05) is 0 Å². The molecule has 11 atom stereocenters. The summed E-state index contributed by atoms with van der Waals surface area (Å²) < 4.78 is 21.3. The Kier molecular flexibility index (Phi) is 14.0. The Hall–Kier alpha value is -11.2. The zero-order valence-electron chi connectivity index (χ0n) is 55.4. The SMILES string of the molecule is O=C1C2CC3C(=O)C4C(C3CC2C2CCCC(N3c5ccc(-c6ccccc6)cc5Oc5cc(-c6ccccc6)ccc53)C12)C(N1c2cc(-c3ccccc3)ccc2Oc2ccc(-c3ccccc3)cc21)CCC4N1c2cc(-c3ccccc3)ccc2Oc2ccc(-c3ccccc3)cc21. The number of carbonyl (C=O) groups is 2.